The quantitative estimate of drug-likeness (QED) is 0.00973. The molecule has 19 heteroatoms. The lowest BCUT2D eigenvalue weighted by molar-refractivity contribution is -0.338. The summed E-state index contributed by atoms with van der Waals surface area (Å²) in [6, 6.07) is 0. The van der Waals surface area contributed by atoms with Crippen LogP contribution >= 0.6 is 7.82 Å². The fraction of sp³-hybridized carbons (Fsp3) is 0.885. The molecule has 1 heterocycles. The van der Waals surface area contributed by atoms with Crippen LogP contribution in [0.15, 0.2) is 24.3 Å². The zero-order chi connectivity index (χ0) is 52.3. The van der Waals surface area contributed by atoms with Crippen molar-refractivity contribution in [3.63, 3.8) is 0 Å². The van der Waals surface area contributed by atoms with Gasteiger partial charge in [0.1, 0.15) is 67.6 Å². The molecule has 13 unspecified atom stereocenters. The predicted octanol–water partition coefficient (Wildman–Crippen LogP) is 7.05. The number of esters is 2. The molecule has 9 N–H and O–H groups in total. The smallest absolute Gasteiger partial charge is 0.462 e. The summed E-state index contributed by atoms with van der Waals surface area (Å²) in [5.41, 5.74) is 0. The van der Waals surface area contributed by atoms with Crippen molar-refractivity contribution in [2.24, 2.45) is 0 Å². The van der Waals surface area contributed by atoms with Crippen LogP contribution in [0.25, 0.3) is 0 Å². The highest BCUT2D eigenvalue weighted by molar-refractivity contribution is 7.47. The van der Waals surface area contributed by atoms with Crippen molar-refractivity contribution in [1.29, 1.82) is 0 Å². The zero-order valence-corrected chi connectivity index (χ0v) is 43.9. The molecule has 2 fully saturated rings. The van der Waals surface area contributed by atoms with Gasteiger partial charge in [-0.3, -0.25) is 13.8 Å². The number of hydrogen-bond donors (Lipinski definition) is 9. The lowest BCUT2D eigenvalue weighted by Gasteiger charge is -2.47. The van der Waals surface area contributed by atoms with Gasteiger partial charge < -0.3 is 64.7 Å². The summed E-state index contributed by atoms with van der Waals surface area (Å²) in [7, 11) is -5.40. The van der Waals surface area contributed by atoms with Gasteiger partial charge in [0.25, 0.3) is 0 Å². The Morgan fingerprint density at radius 2 is 1.01 bits per heavy atom. The van der Waals surface area contributed by atoms with Crippen molar-refractivity contribution in [3.8, 4) is 0 Å². The SMILES string of the molecule is CCCCCCCCCCCCC/C=C/C=C/C(=O)OC(COC(=O)CCCCCCCCCCCCCCCCCC)COP(=O)(O)OC1C(O)C(O)C(O)C(O)C1OC1OC(CO)C(O)C(O)C1O. The highest BCUT2D eigenvalue weighted by Gasteiger charge is 2.55. The maximum atomic E-state index is 13.4. The molecule has 13 atom stereocenters. The maximum Gasteiger partial charge on any atom is 0.472 e. The molecule has 416 valence electrons. The third kappa shape index (κ3) is 28.0. The Hall–Kier alpha value is -1.87. The number of rotatable bonds is 42. The number of ether oxygens (including phenoxy) is 4. The summed E-state index contributed by atoms with van der Waals surface area (Å²) in [4.78, 5) is 36.5. The molecule has 18 nitrogen and oxygen atoms in total. The monoisotopic (exact) mass is 1040 g/mol. The molecule has 0 aromatic carbocycles. The second-order valence-corrected chi connectivity index (χ2v) is 20.9. The summed E-state index contributed by atoms with van der Waals surface area (Å²) in [6.07, 6.45) is 16.0. The van der Waals surface area contributed by atoms with Crippen LogP contribution in [0.3, 0.4) is 0 Å². The number of carbonyl (C=O) groups is 2. The van der Waals surface area contributed by atoms with Crippen LogP contribution in [-0.2, 0) is 42.1 Å². The molecule has 1 aliphatic heterocycles. The van der Waals surface area contributed by atoms with E-state index in [0.29, 0.717) is 6.42 Å². The number of aliphatic hydroxyl groups excluding tert-OH is 8. The van der Waals surface area contributed by atoms with E-state index < -0.39 is 113 Å². The van der Waals surface area contributed by atoms with Crippen LogP contribution < -0.4 is 0 Å². The Kier molecular flexibility index (Phi) is 36.3. The first-order valence-corrected chi connectivity index (χ1v) is 28.7. The summed E-state index contributed by atoms with van der Waals surface area (Å²) in [5, 5.41) is 83.0. The van der Waals surface area contributed by atoms with E-state index in [9.17, 15) is 59.9 Å². The highest BCUT2D eigenvalue weighted by atomic mass is 31.2. The van der Waals surface area contributed by atoms with Crippen molar-refractivity contribution in [3.05, 3.63) is 24.3 Å². The number of allylic oxidation sites excluding steroid dienone is 3. The number of carbonyl (C=O) groups excluding carboxylic acids is 2. The molecular formula is C52H95O18P. The Labute approximate surface area is 424 Å². The summed E-state index contributed by atoms with van der Waals surface area (Å²) >= 11 is 0. The van der Waals surface area contributed by atoms with Gasteiger partial charge in [0.05, 0.1) is 13.2 Å². The zero-order valence-electron chi connectivity index (χ0n) is 43.0. The first-order valence-electron chi connectivity index (χ1n) is 27.2. The molecule has 0 aromatic heterocycles. The van der Waals surface area contributed by atoms with Gasteiger partial charge in [0, 0.05) is 12.5 Å². The molecule has 1 aliphatic carbocycles. The molecule has 2 aliphatic rings. The largest absolute Gasteiger partial charge is 0.472 e. The first kappa shape index (κ1) is 65.2. The van der Waals surface area contributed by atoms with Crippen molar-refractivity contribution < 1.29 is 87.9 Å². The molecule has 71 heavy (non-hydrogen) atoms. The average Bonchev–Trinajstić information content (AvgIpc) is 3.35. The van der Waals surface area contributed by atoms with E-state index in [1.807, 2.05) is 6.08 Å². The summed E-state index contributed by atoms with van der Waals surface area (Å²) < 4.78 is 45.3. The van der Waals surface area contributed by atoms with Crippen LogP contribution in [0.1, 0.15) is 200 Å². The highest BCUT2D eigenvalue weighted by Crippen LogP contribution is 2.48. The fourth-order valence-corrected chi connectivity index (χ4v) is 9.76. The van der Waals surface area contributed by atoms with Crippen LogP contribution in [0.2, 0.25) is 0 Å². The normalized spacial score (nSPS) is 27.3. The van der Waals surface area contributed by atoms with E-state index in [-0.39, 0.29) is 6.42 Å². The topological polar surface area (TPSA) is 289 Å². The lowest BCUT2D eigenvalue weighted by Crippen LogP contribution is -2.67. The average molecular weight is 1040 g/mol. The van der Waals surface area contributed by atoms with Gasteiger partial charge in [-0.1, -0.05) is 193 Å². The maximum absolute atomic E-state index is 13.4. The minimum absolute atomic E-state index is 0.0945. The summed E-state index contributed by atoms with van der Waals surface area (Å²) in [5.74, 6) is -1.46. The molecule has 0 amide bonds. The van der Waals surface area contributed by atoms with Gasteiger partial charge in [-0.05, 0) is 19.3 Å². The molecule has 0 radical (unpaired) electrons. The number of aliphatic hydroxyl groups is 8. The van der Waals surface area contributed by atoms with Gasteiger partial charge >= 0.3 is 19.8 Å². The molecule has 0 bridgehead atoms. The van der Waals surface area contributed by atoms with Crippen LogP contribution in [-0.4, -0.2) is 151 Å². The van der Waals surface area contributed by atoms with E-state index in [2.05, 4.69) is 13.8 Å². The van der Waals surface area contributed by atoms with Crippen molar-refractivity contribution in [2.75, 3.05) is 19.8 Å². The van der Waals surface area contributed by atoms with E-state index in [4.69, 9.17) is 28.0 Å². The third-order valence-electron chi connectivity index (χ3n) is 13.3. The van der Waals surface area contributed by atoms with Gasteiger partial charge in [0.15, 0.2) is 12.4 Å². The molecular weight excluding hydrogens is 944 g/mol. The van der Waals surface area contributed by atoms with Gasteiger partial charge in [-0.15, -0.1) is 0 Å². The molecule has 2 rings (SSSR count). The third-order valence-corrected chi connectivity index (χ3v) is 14.3. The van der Waals surface area contributed by atoms with E-state index in [0.717, 1.165) is 51.0 Å². The standard InChI is InChI=1S/C52H95O18P/c1-3-5-7-9-11-13-15-17-19-21-22-24-26-28-30-32-34-41(54)65-37-39(67-42(55)35-33-31-29-27-25-23-20-18-16-14-12-10-8-6-4-2)38-66-71(63,64)70-51-48(61)46(59)45(58)47(60)50(51)69-52-49(62)44(57)43(56)40(36-53)68-52/h29,31,33,35,39-40,43-53,56-62H,3-28,30,32,34,36-38H2,1-2H3,(H,63,64)/b31-29+,35-33+. The van der Waals surface area contributed by atoms with Crippen LogP contribution in [0, 0.1) is 0 Å². The molecule has 0 spiro atoms. The lowest BCUT2D eigenvalue weighted by atomic mass is 9.84. The van der Waals surface area contributed by atoms with Crippen LogP contribution in [0.4, 0.5) is 0 Å². The minimum Gasteiger partial charge on any atom is -0.462 e. The Bertz CT molecular complexity index is 1470. The minimum atomic E-state index is -5.40. The van der Waals surface area contributed by atoms with E-state index in [1.165, 1.54) is 134 Å². The number of phosphoric acid groups is 1. The molecule has 1 saturated heterocycles. The number of phosphoric ester groups is 1. The van der Waals surface area contributed by atoms with Crippen molar-refractivity contribution >= 4 is 19.8 Å². The summed E-state index contributed by atoms with van der Waals surface area (Å²) in [6.45, 7) is 2.15. The van der Waals surface area contributed by atoms with Gasteiger partial charge in [-0.25, -0.2) is 9.36 Å². The van der Waals surface area contributed by atoms with Crippen LogP contribution in [0.5, 0.6) is 0 Å². The van der Waals surface area contributed by atoms with Gasteiger partial charge in [0.2, 0.25) is 0 Å². The Morgan fingerprint density at radius 3 is 1.51 bits per heavy atom. The van der Waals surface area contributed by atoms with Gasteiger partial charge in [-0.2, -0.15) is 0 Å². The Morgan fingerprint density at radius 1 is 0.563 bits per heavy atom. The van der Waals surface area contributed by atoms with E-state index >= 15 is 0 Å². The molecule has 1 saturated carbocycles. The first-order chi connectivity index (χ1) is 34.2. The predicted molar refractivity (Wildman–Crippen MR) is 268 cm³/mol. The molecule has 0 aromatic rings. The van der Waals surface area contributed by atoms with Crippen molar-refractivity contribution in [2.45, 2.75) is 273 Å². The second kappa shape index (κ2) is 39.5. The Balaban J connectivity index is 1.94. The number of unbranched alkanes of at least 4 members (excludes halogenated alkanes) is 26. The number of hydrogen-bond acceptors (Lipinski definition) is 17. The van der Waals surface area contributed by atoms with Crippen molar-refractivity contribution in [1.82, 2.24) is 0 Å². The second-order valence-electron chi connectivity index (χ2n) is 19.5. The van der Waals surface area contributed by atoms with E-state index in [1.54, 1.807) is 6.08 Å². The fourth-order valence-electron chi connectivity index (χ4n) is 8.79.